The number of ketones is 1. The van der Waals surface area contributed by atoms with E-state index in [4.69, 9.17) is 0 Å². The second-order valence-electron chi connectivity index (χ2n) is 4.20. The maximum Gasteiger partial charge on any atom is 0.316 e. The van der Waals surface area contributed by atoms with Crippen LogP contribution >= 0.6 is 0 Å². The zero-order chi connectivity index (χ0) is 15.4. The quantitative estimate of drug-likeness (QED) is 0.412. The molecule has 108 valence electrons. The average molecular weight is 284 g/mol. The van der Waals surface area contributed by atoms with Gasteiger partial charge in [0.05, 0.1) is 17.0 Å². The summed E-state index contributed by atoms with van der Waals surface area (Å²) in [5, 5.41) is 22.0. The van der Waals surface area contributed by atoms with Crippen molar-refractivity contribution < 1.29 is 24.2 Å². The molecule has 0 unspecified atom stereocenters. The third kappa shape index (κ3) is 3.25. The number of ether oxygens (including phenoxy) is 1. The van der Waals surface area contributed by atoms with E-state index in [2.05, 4.69) is 4.74 Å². The Morgan fingerprint density at radius 1 is 1.20 bits per heavy atom. The van der Waals surface area contributed by atoms with Crippen LogP contribution in [0.4, 0.5) is 0 Å². The first-order valence-electron chi connectivity index (χ1n) is 5.57. The van der Waals surface area contributed by atoms with Crippen LogP contribution in [-0.2, 0) is 14.3 Å². The van der Waals surface area contributed by atoms with Crippen LogP contribution in [0.15, 0.2) is 23.5 Å². The summed E-state index contributed by atoms with van der Waals surface area (Å²) in [5.74, 6) is -3.74. The zero-order valence-corrected chi connectivity index (χ0v) is 10.8. The molecule has 9 nitrogen and oxygen atoms in total. The summed E-state index contributed by atoms with van der Waals surface area (Å²) in [7, 11) is 1.07. The van der Waals surface area contributed by atoms with Crippen molar-refractivity contribution in [3.8, 4) is 0 Å². The molecule has 0 fully saturated rings. The first-order chi connectivity index (χ1) is 9.27. The lowest BCUT2D eigenvalue weighted by Crippen LogP contribution is -2.28. The predicted molar refractivity (Wildman–Crippen MR) is 64.4 cm³/mol. The van der Waals surface area contributed by atoms with Crippen molar-refractivity contribution in [3.05, 3.63) is 43.8 Å². The maximum absolute atomic E-state index is 11.4. The van der Waals surface area contributed by atoms with Gasteiger partial charge in [0.15, 0.2) is 0 Å². The van der Waals surface area contributed by atoms with Gasteiger partial charge in [-0.2, -0.15) is 0 Å². The highest BCUT2D eigenvalue weighted by atomic mass is 16.6. The second kappa shape index (κ2) is 6.04. The summed E-state index contributed by atoms with van der Waals surface area (Å²) in [5.41, 5.74) is -1.07. The van der Waals surface area contributed by atoms with Crippen LogP contribution in [0.1, 0.15) is 13.3 Å². The number of esters is 1. The Bertz CT molecular complexity index is 503. The molecule has 0 radical (unpaired) electrons. The number of Topliss-reactive ketones (excluding diaryl/α,β-unsaturated/α-hetero) is 1. The second-order valence-corrected chi connectivity index (χ2v) is 4.20. The summed E-state index contributed by atoms with van der Waals surface area (Å²) in [6.07, 6.45) is 1.59. The van der Waals surface area contributed by atoms with Gasteiger partial charge in [0.25, 0.3) is 11.4 Å². The van der Waals surface area contributed by atoms with Crippen molar-refractivity contribution >= 4 is 11.8 Å². The lowest BCUT2D eigenvalue weighted by atomic mass is 9.87. The molecule has 1 rings (SSSR count). The molecule has 0 saturated carbocycles. The average Bonchev–Trinajstić information content (AvgIpc) is 2.36. The third-order valence-corrected chi connectivity index (χ3v) is 2.80. The van der Waals surface area contributed by atoms with Crippen molar-refractivity contribution in [1.29, 1.82) is 0 Å². The molecule has 0 aromatic carbocycles. The Labute approximate surface area is 113 Å². The van der Waals surface area contributed by atoms with Crippen LogP contribution in [0, 0.1) is 32.1 Å². The highest BCUT2D eigenvalue weighted by molar-refractivity contribution is 5.79. The molecule has 0 saturated heterocycles. The Kier molecular flexibility index (Phi) is 4.68. The molecule has 9 heteroatoms. The van der Waals surface area contributed by atoms with E-state index < -0.39 is 44.8 Å². The van der Waals surface area contributed by atoms with Crippen LogP contribution in [0.25, 0.3) is 0 Å². The standard InChI is InChI=1S/C11H12N2O7/c1-6(14)3-8-9(12(16)17)4-7(11(15)20-2)5-10(8)13(18)19/h4-5,7-8H,3H2,1-2H3. The van der Waals surface area contributed by atoms with Crippen LogP contribution in [0.5, 0.6) is 0 Å². The summed E-state index contributed by atoms with van der Waals surface area (Å²) in [6, 6.07) is 0. The van der Waals surface area contributed by atoms with Crippen molar-refractivity contribution in [2.75, 3.05) is 7.11 Å². The number of rotatable bonds is 5. The molecule has 0 bridgehead atoms. The minimum absolute atomic E-state index is 0.368. The number of nitro groups is 2. The molecule has 0 spiro atoms. The highest BCUT2D eigenvalue weighted by Crippen LogP contribution is 2.32. The largest absolute Gasteiger partial charge is 0.468 e. The van der Waals surface area contributed by atoms with Crippen LogP contribution in [0.3, 0.4) is 0 Å². The molecule has 0 amide bonds. The van der Waals surface area contributed by atoms with E-state index in [1.807, 2.05) is 0 Å². The molecular formula is C11H12N2O7. The highest BCUT2D eigenvalue weighted by Gasteiger charge is 2.42. The number of methoxy groups -OCH3 is 1. The first-order valence-corrected chi connectivity index (χ1v) is 5.57. The van der Waals surface area contributed by atoms with Gasteiger partial charge < -0.3 is 4.74 Å². The lowest BCUT2D eigenvalue weighted by Gasteiger charge is -2.17. The molecule has 0 atom stereocenters. The fourth-order valence-electron chi connectivity index (χ4n) is 1.94. The monoisotopic (exact) mass is 284 g/mol. The number of carbonyl (C=O) groups excluding carboxylic acids is 2. The Morgan fingerprint density at radius 3 is 1.95 bits per heavy atom. The van der Waals surface area contributed by atoms with E-state index in [9.17, 15) is 29.8 Å². The molecule has 0 N–H and O–H groups in total. The van der Waals surface area contributed by atoms with E-state index in [0.717, 1.165) is 19.3 Å². The van der Waals surface area contributed by atoms with Crippen molar-refractivity contribution in [2.45, 2.75) is 13.3 Å². The SMILES string of the molecule is COC(=O)C1C=C([N+](=O)[O-])C(CC(C)=O)C([N+](=O)[O-])=C1. The minimum atomic E-state index is -1.27. The Morgan fingerprint density at radius 2 is 1.65 bits per heavy atom. The van der Waals surface area contributed by atoms with Crippen LogP contribution in [-0.4, -0.2) is 28.7 Å². The lowest BCUT2D eigenvalue weighted by molar-refractivity contribution is -0.461. The summed E-state index contributed by atoms with van der Waals surface area (Å²) in [4.78, 5) is 42.9. The van der Waals surface area contributed by atoms with E-state index >= 15 is 0 Å². The van der Waals surface area contributed by atoms with Crippen molar-refractivity contribution in [3.63, 3.8) is 0 Å². The Balaban J connectivity index is 3.30. The van der Waals surface area contributed by atoms with E-state index in [0.29, 0.717) is 0 Å². The number of hydrogen-bond donors (Lipinski definition) is 0. The molecule has 20 heavy (non-hydrogen) atoms. The molecule has 1 aliphatic carbocycles. The third-order valence-electron chi connectivity index (χ3n) is 2.80. The van der Waals surface area contributed by atoms with Gasteiger partial charge in [-0.3, -0.25) is 29.8 Å². The van der Waals surface area contributed by atoms with Gasteiger partial charge in [-0.25, -0.2) is 0 Å². The normalized spacial score (nSPS) is 21.5. The topological polar surface area (TPSA) is 130 Å². The van der Waals surface area contributed by atoms with Crippen LogP contribution < -0.4 is 0 Å². The maximum atomic E-state index is 11.4. The molecule has 0 aliphatic heterocycles. The first kappa shape index (κ1) is 15.5. The summed E-state index contributed by atoms with van der Waals surface area (Å²) >= 11 is 0. The molecular weight excluding hydrogens is 272 g/mol. The van der Waals surface area contributed by atoms with Crippen molar-refractivity contribution in [2.24, 2.45) is 11.8 Å². The zero-order valence-electron chi connectivity index (χ0n) is 10.8. The van der Waals surface area contributed by atoms with E-state index in [1.165, 1.54) is 6.92 Å². The summed E-state index contributed by atoms with van der Waals surface area (Å²) in [6.45, 7) is 1.18. The van der Waals surface area contributed by atoms with Gasteiger partial charge in [-0.15, -0.1) is 0 Å². The predicted octanol–water partition coefficient (Wildman–Crippen LogP) is 0.706. The van der Waals surface area contributed by atoms with Gasteiger partial charge in [0.1, 0.15) is 17.6 Å². The van der Waals surface area contributed by atoms with Gasteiger partial charge in [-0.1, -0.05) is 0 Å². The summed E-state index contributed by atoms with van der Waals surface area (Å²) < 4.78 is 4.42. The van der Waals surface area contributed by atoms with Gasteiger partial charge in [0, 0.05) is 18.6 Å². The fraction of sp³-hybridized carbons (Fsp3) is 0.455. The fourth-order valence-corrected chi connectivity index (χ4v) is 1.94. The molecule has 0 heterocycles. The Hall–Kier alpha value is -2.58. The van der Waals surface area contributed by atoms with E-state index in [-0.39, 0.29) is 6.42 Å². The van der Waals surface area contributed by atoms with Gasteiger partial charge in [0.2, 0.25) is 0 Å². The van der Waals surface area contributed by atoms with Crippen LogP contribution in [0.2, 0.25) is 0 Å². The molecule has 0 aromatic heterocycles. The molecule has 1 aliphatic rings. The van der Waals surface area contributed by atoms with Gasteiger partial charge >= 0.3 is 5.97 Å². The smallest absolute Gasteiger partial charge is 0.316 e. The molecule has 0 aromatic rings. The number of hydrogen-bond acceptors (Lipinski definition) is 7. The number of nitrogens with zero attached hydrogens (tertiary/aromatic N) is 2. The van der Waals surface area contributed by atoms with Crippen molar-refractivity contribution in [1.82, 2.24) is 0 Å². The minimum Gasteiger partial charge on any atom is -0.468 e. The number of carbonyl (C=O) groups is 2. The van der Waals surface area contributed by atoms with E-state index in [1.54, 1.807) is 0 Å². The van der Waals surface area contributed by atoms with Gasteiger partial charge in [-0.05, 0) is 6.92 Å².